The van der Waals surface area contributed by atoms with Crippen LogP contribution in [-0.4, -0.2) is 44.8 Å². The standard InChI is InChI=1S/C32H29ClF3N3O4S/c1-37-31(41)29(19-23-11-5-2-6-12-23)38(21-24-13-7-3-8-14-24)30(40)22-39(44(42,43)26-15-9-4-10-16-26)28-20-25(32(34,35)36)17-18-27(28)33/h2-18,20,29H,19,21-22H2,1H3,(H,37,41)/t29-/m0/s1. The van der Waals surface area contributed by atoms with Gasteiger partial charge in [-0.25, -0.2) is 8.42 Å². The smallest absolute Gasteiger partial charge is 0.357 e. The Morgan fingerprint density at radius 3 is 1.93 bits per heavy atom. The van der Waals surface area contributed by atoms with Gasteiger partial charge in [0.05, 0.1) is 21.2 Å². The van der Waals surface area contributed by atoms with E-state index in [4.69, 9.17) is 11.6 Å². The van der Waals surface area contributed by atoms with Crippen LogP contribution in [0.15, 0.2) is 114 Å². The molecule has 0 unspecified atom stereocenters. The van der Waals surface area contributed by atoms with Crippen LogP contribution in [0, 0.1) is 0 Å². The molecule has 1 atom stereocenters. The first-order valence-electron chi connectivity index (χ1n) is 13.4. The van der Waals surface area contributed by atoms with Crippen LogP contribution in [0.5, 0.6) is 0 Å². The highest BCUT2D eigenvalue weighted by atomic mass is 35.5. The SMILES string of the molecule is CNC(=O)[C@H](Cc1ccccc1)N(Cc1ccccc1)C(=O)CN(c1cc(C(F)(F)F)ccc1Cl)S(=O)(=O)c1ccccc1. The lowest BCUT2D eigenvalue weighted by atomic mass is 10.0. The van der Waals surface area contributed by atoms with E-state index in [1.165, 1.54) is 36.2 Å². The third kappa shape index (κ3) is 7.78. The molecular formula is C32H29ClF3N3O4S. The van der Waals surface area contributed by atoms with Gasteiger partial charge in [0.25, 0.3) is 10.0 Å². The first kappa shape index (κ1) is 32.6. The summed E-state index contributed by atoms with van der Waals surface area (Å²) in [5.74, 6) is -1.33. The highest BCUT2D eigenvalue weighted by Gasteiger charge is 2.37. The lowest BCUT2D eigenvalue weighted by Crippen LogP contribution is -2.53. The van der Waals surface area contributed by atoms with Gasteiger partial charge in [0.2, 0.25) is 11.8 Å². The molecule has 4 aromatic rings. The van der Waals surface area contributed by atoms with Crippen molar-refractivity contribution in [2.24, 2.45) is 0 Å². The second kappa shape index (κ2) is 14.0. The summed E-state index contributed by atoms with van der Waals surface area (Å²) >= 11 is 6.31. The van der Waals surface area contributed by atoms with Crippen molar-refractivity contribution in [3.8, 4) is 0 Å². The molecule has 0 saturated carbocycles. The van der Waals surface area contributed by atoms with Crippen LogP contribution in [0.2, 0.25) is 5.02 Å². The van der Waals surface area contributed by atoms with Gasteiger partial charge in [0.15, 0.2) is 0 Å². The van der Waals surface area contributed by atoms with Gasteiger partial charge in [-0.05, 0) is 41.5 Å². The van der Waals surface area contributed by atoms with E-state index in [1.54, 1.807) is 66.7 Å². The Morgan fingerprint density at radius 2 is 1.39 bits per heavy atom. The molecule has 0 aliphatic rings. The van der Waals surface area contributed by atoms with E-state index in [0.29, 0.717) is 15.9 Å². The number of hydrogen-bond acceptors (Lipinski definition) is 4. The number of hydrogen-bond donors (Lipinski definition) is 1. The van der Waals surface area contributed by atoms with Crippen LogP contribution < -0.4 is 9.62 Å². The number of nitrogens with zero attached hydrogens (tertiary/aromatic N) is 2. The molecule has 44 heavy (non-hydrogen) atoms. The molecule has 0 aromatic heterocycles. The maximum absolute atomic E-state index is 14.2. The Balaban J connectivity index is 1.84. The fraction of sp³-hybridized carbons (Fsp3) is 0.188. The molecule has 0 aliphatic heterocycles. The number of carbonyl (C=O) groups is 2. The third-order valence-electron chi connectivity index (χ3n) is 6.87. The normalized spacial score (nSPS) is 12.3. The highest BCUT2D eigenvalue weighted by Crippen LogP contribution is 2.37. The number of nitrogens with one attached hydrogen (secondary N) is 1. The van der Waals surface area contributed by atoms with Crippen molar-refractivity contribution in [1.29, 1.82) is 0 Å². The van der Waals surface area contributed by atoms with E-state index in [0.717, 1.165) is 17.7 Å². The molecule has 0 aliphatic carbocycles. The van der Waals surface area contributed by atoms with Crippen molar-refractivity contribution in [2.75, 3.05) is 17.9 Å². The van der Waals surface area contributed by atoms with E-state index in [-0.39, 0.29) is 22.9 Å². The lowest BCUT2D eigenvalue weighted by molar-refractivity contribution is -0.139. The van der Waals surface area contributed by atoms with E-state index >= 15 is 0 Å². The third-order valence-corrected chi connectivity index (χ3v) is 8.96. The first-order valence-corrected chi connectivity index (χ1v) is 15.3. The van der Waals surface area contributed by atoms with Crippen molar-refractivity contribution in [3.63, 3.8) is 0 Å². The maximum atomic E-state index is 14.2. The Labute approximate surface area is 258 Å². The van der Waals surface area contributed by atoms with Crippen LogP contribution in [0.25, 0.3) is 0 Å². The van der Waals surface area contributed by atoms with Gasteiger partial charge in [0, 0.05) is 20.0 Å². The van der Waals surface area contributed by atoms with Crippen molar-refractivity contribution >= 4 is 39.1 Å². The molecule has 4 aromatic carbocycles. The molecule has 0 fully saturated rings. The number of benzene rings is 4. The van der Waals surface area contributed by atoms with Crippen LogP contribution in [-0.2, 0) is 38.8 Å². The molecule has 230 valence electrons. The van der Waals surface area contributed by atoms with Crippen LogP contribution >= 0.6 is 11.6 Å². The summed E-state index contributed by atoms with van der Waals surface area (Å²) < 4.78 is 69.6. The molecule has 0 heterocycles. The van der Waals surface area contributed by atoms with Gasteiger partial charge in [-0.3, -0.25) is 13.9 Å². The second-order valence-corrected chi connectivity index (χ2v) is 12.1. The summed E-state index contributed by atoms with van der Waals surface area (Å²) in [6, 6.07) is 25.9. The number of amides is 2. The van der Waals surface area contributed by atoms with Crippen LogP contribution in [0.3, 0.4) is 0 Å². The number of anilines is 1. The average Bonchev–Trinajstić information content (AvgIpc) is 3.02. The van der Waals surface area contributed by atoms with E-state index in [2.05, 4.69) is 5.32 Å². The molecular weight excluding hydrogens is 615 g/mol. The highest BCUT2D eigenvalue weighted by molar-refractivity contribution is 7.92. The Hall–Kier alpha value is -4.35. The van der Waals surface area contributed by atoms with Gasteiger partial charge in [-0.2, -0.15) is 13.2 Å². The molecule has 7 nitrogen and oxygen atoms in total. The Kier molecular flexibility index (Phi) is 10.3. The molecule has 0 bridgehead atoms. The summed E-state index contributed by atoms with van der Waals surface area (Å²) in [6.07, 6.45) is -4.72. The Bertz CT molecular complexity index is 1690. The van der Waals surface area contributed by atoms with Crippen molar-refractivity contribution < 1.29 is 31.2 Å². The fourth-order valence-electron chi connectivity index (χ4n) is 4.61. The topological polar surface area (TPSA) is 86.8 Å². The second-order valence-electron chi connectivity index (χ2n) is 9.82. The minimum atomic E-state index is -4.81. The minimum Gasteiger partial charge on any atom is -0.357 e. The predicted octanol–water partition coefficient (Wildman–Crippen LogP) is 5.94. The zero-order valence-corrected chi connectivity index (χ0v) is 25.1. The predicted molar refractivity (Wildman–Crippen MR) is 162 cm³/mol. The van der Waals surface area contributed by atoms with Gasteiger partial charge in [-0.15, -0.1) is 0 Å². The monoisotopic (exact) mass is 643 g/mol. The van der Waals surface area contributed by atoms with Crippen molar-refractivity contribution in [1.82, 2.24) is 10.2 Å². The quantitative estimate of drug-likeness (QED) is 0.219. The molecule has 2 amide bonds. The molecule has 0 spiro atoms. The van der Waals surface area contributed by atoms with Crippen LogP contribution in [0.1, 0.15) is 16.7 Å². The van der Waals surface area contributed by atoms with Crippen molar-refractivity contribution in [3.05, 3.63) is 131 Å². The van der Waals surface area contributed by atoms with Gasteiger partial charge in [0.1, 0.15) is 12.6 Å². The molecule has 12 heteroatoms. The summed E-state index contributed by atoms with van der Waals surface area (Å²) in [7, 11) is -3.20. The first-order chi connectivity index (χ1) is 20.9. The zero-order chi connectivity index (χ0) is 31.9. The van der Waals surface area contributed by atoms with E-state index in [1.807, 2.05) is 0 Å². The largest absolute Gasteiger partial charge is 0.416 e. The number of likely N-dealkylation sites (N-methyl/N-ethyl adjacent to an activating group) is 1. The number of sulfonamides is 1. The van der Waals surface area contributed by atoms with Gasteiger partial charge in [-0.1, -0.05) is 90.5 Å². The minimum absolute atomic E-state index is 0.0832. The summed E-state index contributed by atoms with van der Waals surface area (Å²) in [4.78, 5) is 28.5. The summed E-state index contributed by atoms with van der Waals surface area (Å²) in [6.45, 7) is -1.02. The molecule has 0 radical (unpaired) electrons. The van der Waals surface area contributed by atoms with Gasteiger partial charge < -0.3 is 10.2 Å². The number of halogens is 4. The number of rotatable bonds is 11. The number of alkyl halides is 3. The Morgan fingerprint density at radius 1 is 0.841 bits per heavy atom. The van der Waals surface area contributed by atoms with E-state index in [9.17, 15) is 31.2 Å². The van der Waals surface area contributed by atoms with Crippen LogP contribution in [0.4, 0.5) is 18.9 Å². The maximum Gasteiger partial charge on any atom is 0.416 e. The van der Waals surface area contributed by atoms with Crippen molar-refractivity contribution in [2.45, 2.75) is 30.1 Å². The molecule has 4 rings (SSSR count). The van der Waals surface area contributed by atoms with E-state index < -0.39 is 51.9 Å². The molecule has 1 N–H and O–H groups in total. The fourth-order valence-corrected chi connectivity index (χ4v) is 6.33. The molecule has 0 saturated heterocycles. The zero-order valence-electron chi connectivity index (χ0n) is 23.5. The summed E-state index contributed by atoms with van der Waals surface area (Å²) in [5.41, 5.74) is -0.289. The number of carbonyl (C=O) groups excluding carboxylic acids is 2. The average molecular weight is 644 g/mol. The van der Waals surface area contributed by atoms with Gasteiger partial charge >= 0.3 is 6.18 Å². The lowest BCUT2D eigenvalue weighted by Gasteiger charge is -2.34. The summed E-state index contributed by atoms with van der Waals surface area (Å²) in [5, 5.41) is 2.26.